The molecule has 0 aliphatic rings. The summed E-state index contributed by atoms with van der Waals surface area (Å²) in [6.07, 6.45) is 1.59. The number of nitrogens with zero attached hydrogens (tertiary/aromatic N) is 1. The lowest BCUT2D eigenvalue weighted by Gasteiger charge is -2.09. The van der Waals surface area contributed by atoms with Crippen LogP contribution in [0, 0.1) is 18.6 Å². The Labute approximate surface area is 148 Å². The molecule has 0 radical (unpaired) electrons. The molecule has 0 aliphatic heterocycles. The maximum Gasteiger partial charge on any atom is 0.243 e. The minimum absolute atomic E-state index is 0.0537. The number of aromatic nitrogens is 1. The second kappa shape index (κ2) is 8.24. The maximum atomic E-state index is 13.8. The van der Waals surface area contributed by atoms with E-state index in [0.29, 0.717) is 22.7 Å². The van der Waals surface area contributed by atoms with Crippen LogP contribution in [0.4, 0.5) is 8.78 Å². The van der Waals surface area contributed by atoms with Gasteiger partial charge in [0.1, 0.15) is 21.7 Å². The van der Waals surface area contributed by atoms with E-state index >= 15 is 0 Å². The minimum Gasteiger partial charge on any atom is -0.245 e. The molecular weight excluding hydrogens is 378 g/mol. The highest BCUT2D eigenvalue weighted by Gasteiger charge is 2.20. The van der Waals surface area contributed by atoms with Gasteiger partial charge in [-0.15, -0.1) is 0 Å². The highest BCUT2D eigenvalue weighted by Crippen LogP contribution is 2.19. The van der Waals surface area contributed by atoms with Crippen LogP contribution in [-0.2, 0) is 15.8 Å². The van der Waals surface area contributed by atoms with Crippen molar-refractivity contribution in [2.45, 2.75) is 17.6 Å². The third kappa shape index (κ3) is 5.14. The zero-order chi connectivity index (χ0) is 17.7. The van der Waals surface area contributed by atoms with Gasteiger partial charge in [-0.2, -0.15) is 11.8 Å². The lowest BCUT2D eigenvalue weighted by Crippen LogP contribution is -2.27. The molecule has 2 rings (SSSR count). The average molecular weight is 393 g/mol. The van der Waals surface area contributed by atoms with E-state index in [4.69, 9.17) is 11.6 Å². The molecule has 1 heterocycles. The Balaban J connectivity index is 1.88. The first-order valence-electron chi connectivity index (χ1n) is 6.93. The molecule has 2 aromatic rings. The highest BCUT2D eigenvalue weighted by atomic mass is 35.5. The van der Waals surface area contributed by atoms with Crippen molar-refractivity contribution < 1.29 is 17.2 Å². The third-order valence-electron chi connectivity index (χ3n) is 3.10. The van der Waals surface area contributed by atoms with Gasteiger partial charge in [-0.05, 0) is 42.3 Å². The zero-order valence-electron chi connectivity index (χ0n) is 12.7. The molecule has 4 nitrogen and oxygen atoms in total. The van der Waals surface area contributed by atoms with Crippen LogP contribution in [0.15, 0.2) is 35.4 Å². The smallest absolute Gasteiger partial charge is 0.243 e. The number of hydrogen-bond donors (Lipinski definition) is 1. The number of halogens is 3. The summed E-state index contributed by atoms with van der Waals surface area (Å²) in [5.41, 5.74) is 1.02. The summed E-state index contributed by atoms with van der Waals surface area (Å²) < 4.78 is 53.6. The fraction of sp³-hybridized carbons (Fsp3) is 0.267. The first-order valence-corrected chi connectivity index (χ1v) is 9.94. The summed E-state index contributed by atoms with van der Waals surface area (Å²) in [5, 5.41) is 0.394. The van der Waals surface area contributed by atoms with Gasteiger partial charge in [0.05, 0.1) is 0 Å². The molecule has 0 aliphatic carbocycles. The Morgan fingerprint density at radius 3 is 2.71 bits per heavy atom. The monoisotopic (exact) mass is 392 g/mol. The van der Waals surface area contributed by atoms with E-state index in [0.717, 1.165) is 11.6 Å². The van der Waals surface area contributed by atoms with E-state index < -0.39 is 26.6 Å². The van der Waals surface area contributed by atoms with Crippen LogP contribution in [0.3, 0.4) is 0 Å². The van der Waals surface area contributed by atoms with Crippen LogP contribution in [0.25, 0.3) is 0 Å². The first kappa shape index (κ1) is 19.1. The van der Waals surface area contributed by atoms with Gasteiger partial charge in [0, 0.05) is 24.2 Å². The molecule has 1 aromatic carbocycles. The molecule has 0 saturated heterocycles. The quantitative estimate of drug-likeness (QED) is 0.578. The molecule has 9 heteroatoms. The molecule has 0 saturated carbocycles. The van der Waals surface area contributed by atoms with E-state index in [1.807, 2.05) is 6.07 Å². The number of nitrogens with one attached hydrogen (secondary N) is 1. The fourth-order valence-electron chi connectivity index (χ4n) is 1.88. The third-order valence-corrected chi connectivity index (χ3v) is 5.81. The Bertz CT molecular complexity index is 832. The normalized spacial score (nSPS) is 11.7. The number of aryl methyl sites for hydroxylation is 1. The van der Waals surface area contributed by atoms with Crippen LogP contribution in [0.1, 0.15) is 11.1 Å². The molecule has 0 amide bonds. The van der Waals surface area contributed by atoms with Crippen molar-refractivity contribution in [2.24, 2.45) is 0 Å². The fourth-order valence-corrected chi connectivity index (χ4v) is 4.11. The van der Waals surface area contributed by atoms with Crippen molar-refractivity contribution in [1.29, 1.82) is 0 Å². The largest absolute Gasteiger partial charge is 0.245 e. The topological polar surface area (TPSA) is 59.1 Å². The van der Waals surface area contributed by atoms with Crippen molar-refractivity contribution >= 4 is 33.4 Å². The van der Waals surface area contributed by atoms with Gasteiger partial charge in [0.15, 0.2) is 0 Å². The second-order valence-corrected chi connectivity index (χ2v) is 8.20. The molecule has 1 N–H and O–H groups in total. The summed E-state index contributed by atoms with van der Waals surface area (Å²) >= 11 is 7.25. The molecule has 130 valence electrons. The van der Waals surface area contributed by atoms with Gasteiger partial charge < -0.3 is 0 Å². The lowest BCUT2D eigenvalue weighted by molar-refractivity contribution is 0.544. The summed E-state index contributed by atoms with van der Waals surface area (Å²) in [5.74, 6) is -0.631. The molecule has 0 atom stereocenters. The van der Waals surface area contributed by atoms with Crippen molar-refractivity contribution in [2.75, 3.05) is 12.3 Å². The van der Waals surface area contributed by atoms with Gasteiger partial charge in [0.2, 0.25) is 10.0 Å². The van der Waals surface area contributed by atoms with Crippen LogP contribution < -0.4 is 4.72 Å². The summed E-state index contributed by atoms with van der Waals surface area (Å²) in [4.78, 5) is 3.19. The number of hydrogen-bond acceptors (Lipinski definition) is 4. The van der Waals surface area contributed by atoms with Gasteiger partial charge in [-0.1, -0.05) is 11.6 Å². The van der Waals surface area contributed by atoms with Crippen LogP contribution in [0.2, 0.25) is 5.15 Å². The predicted molar refractivity (Wildman–Crippen MR) is 91.7 cm³/mol. The van der Waals surface area contributed by atoms with E-state index in [1.54, 1.807) is 12.3 Å². The van der Waals surface area contributed by atoms with Crippen LogP contribution in [-0.4, -0.2) is 25.7 Å². The maximum absolute atomic E-state index is 13.8. The van der Waals surface area contributed by atoms with Gasteiger partial charge >= 0.3 is 0 Å². The van der Waals surface area contributed by atoms with Gasteiger partial charge in [-0.3, -0.25) is 0 Å². The van der Waals surface area contributed by atoms with Gasteiger partial charge in [-0.25, -0.2) is 26.9 Å². The van der Waals surface area contributed by atoms with Crippen molar-refractivity contribution in [3.63, 3.8) is 0 Å². The number of sulfonamides is 1. The molecule has 24 heavy (non-hydrogen) atoms. The summed E-state index contributed by atoms with van der Waals surface area (Å²) in [7, 11) is -4.09. The number of benzene rings is 1. The van der Waals surface area contributed by atoms with Crippen molar-refractivity contribution in [3.8, 4) is 0 Å². The van der Waals surface area contributed by atoms with Gasteiger partial charge in [0.25, 0.3) is 0 Å². The lowest BCUT2D eigenvalue weighted by atomic mass is 10.2. The van der Waals surface area contributed by atoms with E-state index in [2.05, 4.69) is 9.71 Å². The molecule has 0 fully saturated rings. The van der Waals surface area contributed by atoms with Crippen LogP contribution >= 0.6 is 23.4 Å². The van der Waals surface area contributed by atoms with E-state index in [9.17, 15) is 17.2 Å². The Hall–Kier alpha value is -1.22. The SMILES string of the molecule is Cc1cc(F)c(S(=O)(=O)NCCSCc2ccnc(Cl)c2)cc1F. The van der Waals surface area contributed by atoms with Crippen LogP contribution in [0.5, 0.6) is 0 Å². The standard InChI is InChI=1S/C15H15ClF2N2O2S2/c1-10-6-13(18)14(8-12(10)17)24(21,22)20-4-5-23-9-11-2-3-19-15(16)7-11/h2-3,6-8,20H,4-5,9H2,1H3. The second-order valence-electron chi connectivity index (χ2n) is 4.97. The Morgan fingerprint density at radius 1 is 1.25 bits per heavy atom. The molecule has 0 unspecified atom stereocenters. The molecule has 0 bridgehead atoms. The van der Waals surface area contributed by atoms with Crippen molar-refractivity contribution in [3.05, 3.63) is 58.4 Å². The molecule has 0 spiro atoms. The Kier molecular flexibility index (Phi) is 6.56. The molecular formula is C15H15ClF2N2O2S2. The van der Waals surface area contributed by atoms with Crippen molar-refractivity contribution in [1.82, 2.24) is 9.71 Å². The zero-order valence-corrected chi connectivity index (χ0v) is 15.1. The predicted octanol–water partition coefficient (Wildman–Crippen LogP) is 3.53. The minimum atomic E-state index is -4.09. The summed E-state index contributed by atoms with van der Waals surface area (Å²) in [6, 6.07) is 5.10. The number of thioether (sulfide) groups is 1. The average Bonchev–Trinajstić information content (AvgIpc) is 2.50. The highest BCUT2D eigenvalue weighted by molar-refractivity contribution is 7.98. The summed E-state index contributed by atoms with van der Waals surface area (Å²) in [6.45, 7) is 1.46. The first-order chi connectivity index (χ1) is 11.3. The number of pyridine rings is 1. The van der Waals surface area contributed by atoms with E-state index in [-0.39, 0.29) is 12.1 Å². The Morgan fingerprint density at radius 2 is 2.00 bits per heavy atom. The number of rotatable bonds is 7. The molecule has 1 aromatic heterocycles. The van der Waals surface area contributed by atoms with E-state index in [1.165, 1.54) is 18.7 Å².